The highest BCUT2D eigenvalue weighted by Gasteiger charge is 2.21. The summed E-state index contributed by atoms with van der Waals surface area (Å²) in [5.74, 6) is 0.447. The average molecular weight is 351 g/mol. The molecule has 0 heterocycles. The molecule has 0 saturated carbocycles. The Morgan fingerprint density at radius 1 is 1.38 bits per heavy atom. The minimum Gasteiger partial charge on any atom is -0.398 e. The zero-order valence-corrected chi connectivity index (χ0v) is 14.6. The molecule has 2 unspecified atom stereocenters. The number of para-hydroxylation sites is 1. The molecule has 21 heavy (non-hydrogen) atoms. The van der Waals surface area contributed by atoms with Crippen molar-refractivity contribution in [3.8, 4) is 0 Å². The summed E-state index contributed by atoms with van der Waals surface area (Å²) in [6, 6.07) is 7.08. The highest BCUT2D eigenvalue weighted by Crippen LogP contribution is 2.24. The molecule has 0 saturated heterocycles. The third-order valence-corrected chi connectivity index (χ3v) is 6.92. The zero-order valence-electron chi connectivity index (χ0n) is 12.2. The third kappa shape index (κ3) is 6.48. The van der Waals surface area contributed by atoms with Crippen molar-refractivity contribution in [2.24, 2.45) is 0 Å². The molecular weight excluding hydrogens is 328 g/mol. The van der Waals surface area contributed by atoms with Crippen molar-refractivity contribution in [3.63, 3.8) is 0 Å². The van der Waals surface area contributed by atoms with Crippen molar-refractivity contribution in [1.82, 2.24) is 4.72 Å². The molecule has 120 valence electrons. The monoisotopic (exact) mass is 350 g/mol. The van der Waals surface area contributed by atoms with Gasteiger partial charge in [0.1, 0.15) is 0 Å². The molecule has 2 atom stereocenters. The second-order valence-corrected chi connectivity index (χ2v) is 8.66. The van der Waals surface area contributed by atoms with E-state index in [-0.39, 0.29) is 23.7 Å². The van der Waals surface area contributed by atoms with Crippen LogP contribution >= 0.6 is 23.5 Å². The number of nitrogens with two attached hydrogens (primary N) is 1. The SMILES string of the molecule is CSC(CO)C(C)NS(=O)(=O)CCSc1ccccc1N. The van der Waals surface area contributed by atoms with Gasteiger partial charge in [0.05, 0.1) is 12.4 Å². The Balaban J connectivity index is 2.48. The van der Waals surface area contributed by atoms with E-state index in [1.54, 1.807) is 13.0 Å². The highest BCUT2D eigenvalue weighted by atomic mass is 32.2. The molecule has 0 aromatic heterocycles. The van der Waals surface area contributed by atoms with Crippen molar-refractivity contribution >= 4 is 39.2 Å². The number of hydrogen-bond donors (Lipinski definition) is 3. The fraction of sp³-hybridized carbons (Fsp3) is 0.538. The summed E-state index contributed by atoms with van der Waals surface area (Å²) in [5, 5.41) is 9.03. The van der Waals surface area contributed by atoms with Gasteiger partial charge in [0, 0.05) is 27.6 Å². The predicted octanol–water partition coefficient (Wildman–Crippen LogP) is 1.39. The van der Waals surface area contributed by atoms with E-state index in [0.29, 0.717) is 11.4 Å². The van der Waals surface area contributed by atoms with Gasteiger partial charge in [0.15, 0.2) is 0 Å². The number of aliphatic hydroxyl groups excluding tert-OH is 1. The standard InChI is InChI=1S/C13H22N2O3S3/c1-10(13(9-16)19-2)15-21(17,18)8-7-20-12-6-4-3-5-11(12)14/h3-6,10,13,15-16H,7-9,14H2,1-2H3. The van der Waals surface area contributed by atoms with E-state index in [4.69, 9.17) is 5.73 Å². The zero-order chi connectivity index (χ0) is 15.9. The first-order valence-corrected chi connectivity index (χ1v) is 10.4. The first kappa shape index (κ1) is 18.6. The number of thioether (sulfide) groups is 2. The van der Waals surface area contributed by atoms with Crippen molar-refractivity contribution in [1.29, 1.82) is 0 Å². The number of benzene rings is 1. The lowest BCUT2D eigenvalue weighted by Gasteiger charge is -2.21. The van der Waals surface area contributed by atoms with Crippen LogP contribution in [0.15, 0.2) is 29.2 Å². The quantitative estimate of drug-likeness (QED) is 0.460. The minimum atomic E-state index is -3.37. The van der Waals surface area contributed by atoms with E-state index in [2.05, 4.69) is 4.72 Å². The van der Waals surface area contributed by atoms with Gasteiger partial charge in [-0.05, 0) is 25.3 Å². The van der Waals surface area contributed by atoms with Crippen LogP contribution in [0.3, 0.4) is 0 Å². The van der Waals surface area contributed by atoms with Gasteiger partial charge < -0.3 is 10.8 Å². The summed E-state index contributed by atoms with van der Waals surface area (Å²) in [5.41, 5.74) is 6.47. The molecule has 0 bridgehead atoms. The Bertz CT molecular complexity index is 533. The Hall–Kier alpha value is -0.410. The predicted molar refractivity (Wildman–Crippen MR) is 92.4 cm³/mol. The summed E-state index contributed by atoms with van der Waals surface area (Å²) in [7, 11) is -3.37. The first-order chi connectivity index (χ1) is 9.89. The fourth-order valence-electron chi connectivity index (χ4n) is 1.73. The summed E-state index contributed by atoms with van der Waals surface area (Å²) in [6.45, 7) is 1.71. The first-order valence-electron chi connectivity index (χ1n) is 6.50. The van der Waals surface area contributed by atoms with Crippen molar-refractivity contribution < 1.29 is 13.5 Å². The maximum absolute atomic E-state index is 12.0. The largest absolute Gasteiger partial charge is 0.398 e. The molecule has 1 aromatic rings. The Morgan fingerprint density at radius 3 is 2.62 bits per heavy atom. The molecule has 0 aliphatic rings. The molecule has 8 heteroatoms. The molecule has 0 aliphatic carbocycles. The summed E-state index contributed by atoms with van der Waals surface area (Å²) in [6.07, 6.45) is 1.85. The van der Waals surface area contributed by atoms with Crippen LogP contribution in [0, 0.1) is 0 Å². The Kier molecular flexibility index (Phi) is 7.89. The lowest BCUT2D eigenvalue weighted by atomic mass is 10.3. The smallest absolute Gasteiger partial charge is 0.212 e. The van der Waals surface area contributed by atoms with Crippen LogP contribution in [-0.4, -0.2) is 49.2 Å². The molecule has 5 nitrogen and oxygen atoms in total. The molecule has 1 rings (SSSR count). The van der Waals surface area contributed by atoms with Gasteiger partial charge in [-0.3, -0.25) is 0 Å². The number of nitrogen functional groups attached to an aromatic ring is 1. The van der Waals surface area contributed by atoms with Gasteiger partial charge >= 0.3 is 0 Å². The molecule has 0 spiro atoms. The Morgan fingerprint density at radius 2 is 2.05 bits per heavy atom. The number of hydrogen-bond acceptors (Lipinski definition) is 6. The van der Waals surface area contributed by atoms with Gasteiger partial charge in [-0.2, -0.15) is 11.8 Å². The van der Waals surface area contributed by atoms with Crippen LogP contribution in [-0.2, 0) is 10.0 Å². The van der Waals surface area contributed by atoms with Gasteiger partial charge in [-0.15, -0.1) is 11.8 Å². The van der Waals surface area contributed by atoms with Gasteiger partial charge in [-0.25, -0.2) is 13.1 Å². The molecule has 1 aromatic carbocycles. The molecule has 0 fully saturated rings. The minimum absolute atomic E-state index is 0.0167. The number of nitrogens with one attached hydrogen (secondary N) is 1. The van der Waals surface area contributed by atoms with E-state index in [1.807, 2.05) is 24.5 Å². The molecule has 0 radical (unpaired) electrons. The summed E-state index contributed by atoms with van der Waals surface area (Å²) >= 11 is 2.86. The van der Waals surface area contributed by atoms with Crippen LogP contribution in [0.25, 0.3) is 0 Å². The van der Waals surface area contributed by atoms with Crippen molar-refractivity contribution in [2.75, 3.05) is 30.1 Å². The van der Waals surface area contributed by atoms with Gasteiger partial charge in [0.2, 0.25) is 10.0 Å². The van der Waals surface area contributed by atoms with Crippen molar-refractivity contribution in [2.45, 2.75) is 23.1 Å². The van der Waals surface area contributed by atoms with E-state index in [1.165, 1.54) is 23.5 Å². The van der Waals surface area contributed by atoms with Gasteiger partial charge in [-0.1, -0.05) is 12.1 Å². The van der Waals surface area contributed by atoms with E-state index < -0.39 is 10.0 Å². The second kappa shape index (κ2) is 8.89. The summed E-state index contributed by atoms with van der Waals surface area (Å²) in [4.78, 5) is 0.887. The fourth-order valence-corrected chi connectivity index (χ4v) is 5.13. The maximum atomic E-state index is 12.0. The third-order valence-electron chi connectivity index (χ3n) is 2.93. The number of aliphatic hydroxyl groups is 1. The normalized spacial score (nSPS) is 14.8. The molecule has 0 aliphatic heterocycles. The maximum Gasteiger partial charge on any atom is 0.212 e. The number of rotatable bonds is 9. The lowest BCUT2D eigenvalue weighted by molar-refractivity contribution is 0.282. The highest BCUT2D eigenvalue weighted by molar-refractivity contribution is 8.00. The molecule has 4 N–H and O–H groups in total. The van der Waals surface area contributed by atoms with E-state index in [0.717, 1.165) is 4.90 Å². The molecular formula is C13H22N2O3S3. The lowest BCUT2D eigenvalue weighted by Crippen LogP contribution is -2.42. The van der Waals surface area contributed by atoms with Crippen molar-refractivity contribution in [3.05, 3.63) is 24.3 Å². The molecule has 0 amide bonds. The second-order valence-electron chi connectivity index (χ2n) is 4.57. The average Bonchev–Trinajstić information content (AvgIpc) is 2.41. The van der Waals surface area contributed by atoms with Crippen LogP contribution in [0.5, 0.6) is 0 Å². The Labute approximate surface area is 135 Å². The van der Waals surface area contributed by atoms with Crippen LogP contribution in [0.4, 0.5) is 5.69 Å². The topological polar surface area (TPSA) is 92.4 Å². The van der Waals surface area contributed by atoms with Gasteiger partial charge in [0.25, 0.3) is 0 Å². The van der Waals surface area contributed by atoms with Crippen LogP contribution in [0.1, 0.15) is 6.92 Å². The summed E-state index contributed by atoms with van der Waals surface area (Å²) < 4.78 is 26.6. The van der Waals surface area contributed by atoms with E-state index >= 15 is 0 Å². The number of anilines is 1. The van der Waals surface area contributed by atoms with Crippen LogP contribution < -0.4 is 10.5 Å². The number of sulfonamides is 1. The van der Waals surface area contributed by atoms with E-state index in [9.17, 15) is 13.5 Å². The van der Waals surface area contributed by atoms with Crippen LogP contribution in [0.2, 0.25) is 0 Å².